The van der Waals surface area contributed by atoms with Crippen molar-refractivity contribution in [3.63, 3.8) is 0 Å². The number of fused-ring (bicyclic) bond motifs is 1. The van der Waals surface area contributed by atoms with Crippen molar-refractivity contribution in [2.75, 3.05) is 0 Å². The van der Waals surface area contributed by atoms with Gasteiger partial charge in [0.2, 0.25) is 0 Å². The number of nitrogens with zero attached hydrogens (tertiary/aromatic N) is 1. The van der Waals surface area contributed by atoms with E-state index >= 15 is 0 Å². The molecule has 0 radical (unpaired) electrons. The van der Waals surface area contributed by atoms with E-state index in [-0.39, 0.29) is 0 Å². The standard InChI is InChI=1S/C23H19NO/c25-23(20-10-3-1-4-11-20,21-12-5-2-6-13-21)16-18-15-19-9-7-8-14-22(19)24-17-18/h1-15,17,25H,16H2. The van der Waals surface area contributed by atoms with Gasteiger partial charge < -0.3 is 5.11 Å². The van der Waals surface area contributed by atoms with Crippen LogP contribution in [-0.4, -0.2) is 10.1 Å². The smallest absolute Gasteiger partial charge is 0.119 e. The lowest BCUT2D eigenvalue weighted by molar-refractivity contribution is 0.0811. The molecule has 2 nitrogen and oxygen atoms in total. The van der Waals surface area contributed by atoms with E-state index in [1.54, 1.807) is 0 Å². The molecule has 1 N–H and O–H groups in total. The average molecular weight is 325 g/mol. The van der Waals surface area contributed by atoms with Crippen LogP contribution in [0.4, 0.5) is 0 Å². The van der Waals surface area contributed by atoms with E-state index in [2.05, 4.69) is 17.1 Å². The first-order valence-electron chi connectivity index (χ1n) is 8.43. The molecule has 0 amide bonds. The molecule has 0 aliphatic heterocycles. The van der Waals surface area contributed by atoms with Crippen LogP contribution in [0.3, 0.4) is 0 Å². The third kappa shape index (κ3) is 3.04. The van der Waals surface area contributed by atoms with Crippen LogP contribution in [0.25, 0.3) is 10.9 Å². The lowest BCUT2D eigenvalue weighted by atomic mass is 9.81. The summed E-state index contributed by atoms with van der Waals surface area (Å²) in [5.41, 5.74) is 2.65. The van der Waals surface area contributed by atoms with Gasteiger partial charge in [-0.2, -0.15) is 0 Å². The summed E-state index contributed by atoms with van der Waals surface area (Å²) >= 11 is 0. The van der Waals surface area contributed by atoms with E-state index in [0.717, 1.165) is 27.6 Å². The number of pyridine rings is 1. The SMILES string of the molecule is OC(Cc1cnc2ccccc2c1)(c1ccccc1)c1ccccc1. The third-order valence-electron chi connectivity index (χ3n) is 4.61. The van der Waals surface area contributed by atoms with Crippen LogP contribution >= 0.6 is 0 Å². The van der Waals surface area contributed by atoms with E-state index in [9.17, 15) is 5.11 Å². The second-order valence-corrected chi connectivity index (χ2v) is 6.31. The topological polar surface area (TPSA) is 33.1 Å². The van der Waals surface area contributed by atoms with Gasteiger partial charge in [-0.3, -0.25) is 4.98 Å². The van der Waals surface area contributed by atoms with Gasteiger partial charge in [-0.25, -0.2) is 0 Å². The van der Waals surface area contributed by atoms with Gasteiger partial charge >= 0.3 is 0 Å². The maximum absolute atomic E-state index is 11.7. The summed E-state index contributed by atoms with van der Waals surface area (Å²) in [4.78, 5) is 4.54. The van der Waals surface area contributed by atoms with Crippen molar-refractivity contribution in [1.82, 2.24) is 4.98 Å². The maximum Gasteiger partial charge on any atom is 0.119 e. The summed E-state index contributed by atoms with van der Waals surface area (Å²) in [5.74, 6) is 0. The molecule has 0 unspecified atom stereocenters. The summed E-state index contributed by atoms with van der Waals surface area (Å²) in [6, 6.07) is 29.8. The highest BCUT2D eigenvalue weighted by Crippen LogP contribution is 2.33. The van der Waals surface area contributed by atoms with Crippen molar-refractivity contribution < 1.29 is 5.11 Å². The minimum Gasteiger partial charge on any atom is -0.380 e. The Bertz CT molecular complexity index is 941. The average Bonchev–Trinajstić information content (AvgIpc) is 2.69. The lowest BCUT2D eigenvalue weighted by Gasteiger charge is -2.29. The van der Waals surface area contributed by atoms with Crippen LogP contribution in [0, 0.1) is 0 Å². The van der Waals surface area contributed by atoms with Crippen LogP contribution in [0.15, 0.2) is 97.2 Å². The van der Waals surface area contributed by atoms with E-state index < -0.39 is 5.60 Å². The summed E-state index contributed by atoms with van der Waals surface area (Å²) in [7, 11) is 0. The van der Waals surface area contributed by atoms with Crippen LogP contribution in [-0.2, 0) is 12.0 Å². The molecule has 0 fully saturated rings. The minimum atomic E-state index is -1.09. The quantitative estimate of drug-likeness (QED) is 0.589. The Labute approximate surface area is 147 Å². The minimum absolute atomic E-state index is 0.471. The molecule has 122 valence electrons. The molecule has 0 aliphatic carbocycles. The Kier molecular flexibility index (Phi) is 4.04. The Morgan fingerprint density at radius 3 is 1.92 bits per heavy atom. The predicted molar refractivity (Wildman–Crippen MR) is 101 cm³/mol. The first-order chi connectivity index (χ1) is 12.3. The zero-order valence-corrected chi connectivity index (χ0v) is 13.8. The Hall–Kier alpha value is -2.97. The highest BCUT2D eigenvalue weighted by molar-refractivity contribution is 5.78. The fourth-order valence-corrected chi connectivity index (χ4v) is 3.31. The molecule has 25 heavy (non-hydrogen) atoms. The molecule has 3 aromatic carbocycles. The van der Waals surface area contributed by atoms with Gasteiger partial charge in [0.15, 0.2) is 0 Å². The van der Waals surface area contributed by atoms with Gasteiger partial charge in [-0.1, -0.05) is 78.9 Å². The summed E-state index contributed by atoms with van der Waals surface area (Å²) < 4.78 is 0. The van der Waals surface area contributed by atoms with Crippen molar-refractivity contribution >= 4 is 10.9 Å². The van der Waals surface area contributed by atoms with E-state index in [4.69, 9.17) is 0 Å². The fraction of sp³-hybridized carbons (Fsp3) is 0.0870. The van der Waals surface area contributed by atoms with Crippen molar-refractivity contribution in [2.24, 2.45) is 0 Å². The largest absolute Gasteiger partial charge is 0.380 e. The van der Waals surface area contributed by atoms with E-state index in [1.165, 1.54) is 0 Å². The third-order valence-corrected chi connectivity index (χ3v) is 4.61. The number of aromatic nitrogens is 1. The molecule has 2 heteroatoms. The zero-order valence-electron chi connectivity index (χ0n) is 13.8. The number of rotatable bonds is 4. The van der Waals surface area contributed by atoms with E-state index in [1.807, 2.05) is 85.1 Å². The Morgan fingerprint density at radius 2 is 1.28 bits per heavy atom. The van der Waals surface area contributed by atoms with E-state index in [0.29, 0.717) is 6.42 Å². The molecule has 1 heterocycles. The molecule has 0 bridgehead atoms. The van der Waals surface area contributed by atoms with Gasteiger partial charge in [-0.15, -0.1) is 0 Å². The number of aliphatic hydroxyl groups is 1. The number of hydrogen-bond donors (Lipinski definition) is 1. The Morgan fingerprint density at radius 1 is 0.720 bits per heavy atom. The lowest BCUT2D eigenvalue weighted by Crippen LogP contribution is -2.30. The molecule has 0 saturated carbocycles. The second-order valence-electron chi connectivity index (χ2n) is 6.31. The molecule has 4 rings (SSSR count). The molecule has 0 spiro atoms. The van der Waals surface area contributed by atoms with Crippen LogP contribution in [0.5, 0.6) is 0 Å². The molecule has 1 aromatic heterocycles. The monoisotopic (exact) mass is 325 g/mol. The molecular weight excluding hydrogens is 306 g/mol. The van der Waals surface area contributed by atoms with Crippen molar-refractivity contribution in [1.29, 1.82) is 0 Å². The molecular formula is C23H19NO. The first-order valence-corrected chi connectivity index (χ1v) is 8.43. The van der Waals surface area contributed by atoms with Crippen LogP contribution in [0.1, 0.15) is 16.7 Å². The molecule has 0 saturated heterocycles. The summed E-state index contributed by atoms with van der Waals surface area (Å²) in [5, 5.41) is 12.7. The van der Waals surface area contributed by atoms with Crippen molar-refractivity contribution in [3.05, 3.63) is 114 Å². The zero-order chi connectivity index (χ0) is 17.1. The molecule has 4 aromatic rings. The van der Waals surface area contributed by atoms with Crippen LogP contribution in [0.2, 0.25) is 0 Å². The highest BCUT2D eigenvalue weighted by atomic mass is 16.3. The maximum atomic E-state index is 11.7. The summed E-state index contributed by atoms with van der Waals surface area (Å²) in [6.45, 7) is 0. The van der Waals surface area contributed by atoms with Gasteiger partial charge in [0.1, 0.15) is 5.60 Å². The highest BCUT2D eigenvalue weighted by Gasteiger charge is 2.31. The number of para-hydroxylation sites is 1. The molecule has 0 aliphatic rings. The van der Waals surface area contributed by atoms with Gasteiger partial charge in [-0.05, 0) is 28.8 Å². The second kappa shape index (κ2) is 6.50. The van der Waals surface area contributed by atoms with Crippen molar-refractivity contribution in [3.8, 4) is 0 Å². The van der Waals surface area contributed by atoms with Gasteiger partial charge in [0, 0.05) is 18.0 Å². The first kappa shape index (κ1) is 15.6. The predicted octanol–water partition coefficient (Wildman–Crippen LogP) is 4.71. The number of benzene rings is 3. The summed E-state index contributed by atoms with van der Waals surface area (Å²) in [6.07, 6.45) is 2.33. The fourth-order valence-electron chi connectivity index (χ4n) is 3.31. The van der Waals surface area contributed by atoms with Crippen molar-refractivity contribution in [2.45, 2.75) is 12.0 Å². The van der Waals surface area contributed by atoms with Crippen LogP contribution < -0.4 is 0 Å². The van der Waals surface area contributed by atoms with Gasteiger partial charge in [0.05, 0.1) is 5.52 Å². The number of hydrogen-bond acceptors (Lipinski definition) is 2. The molecule has 0 atom stereocenters. The normalized spacial score (nSPS) is 11.6. The Balaban J connectivity index is 1.80. The van der Waals surface area contributed by atoms with Gasteiger partial charge in [0.25, 0.3) is 0 Å².